The molecule has 0 aliphatic heterocycles. The summed E-state index contributed by atoms with van der Waals surface area (Å²) in [5.74, 6) is -1.06. The second kappa shape index (κ2) is 35.2. The molecule has 0 rings (SSSR count). The minimum absolute atomic E-state index is 0.130. The molecule has 0 aromatic rings. The Labute approximate surface area is 277 Å². The number of ether oxygens (including phenoxy) is 1. The molecule has 0 amide bonds. The predicted molar refractivity (Wildman–Crippen MR) is 188 cm³/mol. The van der Waals surface area contributed by atoms with Crippen LogP contribution in [-0.2, 0) is 14.3 Å². The van der Waals surface area contributed by atoms with Crippen molar-refractivity contribution in [1.82, 2.24) is 0 Å². The Hall–Kier alpha value is -1.66. The van der Waals surface area contributed by atoms with Crippen molar-refractivity contribution in [2.24, 2.45) is 5.92 Å². The topological polar surface area (TPSA) is 104 Å². The highest BCUT2D eigenvalue weighted by molar-refractivity contribution is 5.70. The fourth-order valence-corrected chi connectivity index (χ4v) is 5.65. The zero-order chi connectivity index (χ0) is 33.1. The van der Waals surface area contributed by atoms with Gasteiger partial charge in [-0.1, -0.05) is 134 Å². The molecule has 0 aromatic carbocycles. The van der Waals surface area contributed by atoms with Crippen LogP contribution in [0.15, 0.2) is 24.3 Å². The van der Waals surface area contributed by atoms with Crippen LogP contribution < -0.4 is 0 Å². The van der Waals surface area contributed by atoms with Crippen molar-refractivity contribution in [3.8, 4) is 0 Å². The number of hydrogen-bond donors (Lipinski definition) is 3. The van der Waals surface area contributed by atoms with Crippen LogP contribution in [0, 0.1) is 5.92 Å². The van der Waals surface area contributed by atoms with Gasteiger partial charge in [0, 0.05) is 6.42 Å². The van der Waals surface area contributed by atoms with Gasteiger partial charge in [0.25, 0.3) is 0 Å². The summed E-state index contributed by atoms with van der Waals surface area (Å²) in [4.78, 5) is 23.2. The van der Waals surface area contributed by atoms with E-state index in [1.54, 1.807) is 0 Å². The van der Waals surface area contributed by atoms with Crippen LogP contribution in [0.2, 0.25) is 0 Å². The van der Waals surface area contributed by atoms with E-state index in [9.17, 15) is 14.7 Å². The molecule has 0 aliphatic carbocycles. The van der Waals surface area contributed by atoms with Crippen LogP contribution in [0.3, 0.4) is 0 Å². The van der Waals surface area contributed by atoms with E-state index in [1.165, 1.54) is 103 Å². The van der Waals surface area contributed by atoms with Crippen molar-refractivity contribution in [2.75, 3.05) is 13.2 Å². The summed E-state index contributed by atoms with van der Waals surface area (Å²) in [6.07, 6.45) is 40.2. The first-order chi connectivity index (χ1) is 22.0. The van der Waals surface area contributed by atoms with Crippen LogP contribution in [0.4, 0.5) is 0 Å². The number of aliphatic hydroxyl groups is 2. The Morgan fingerprint density at radius 2 is 0.956 bits per heavy atom. The van der Waals surface area contributed by atoms with E-state index in [4.69, 9.17) is 14.9 Å². The molecule has 0 aliphatic rings. The first-order valence-electron chi connectivity index (χ1n) is 19.0. The number of unbranched alkanes of at least 4 members (excludes halogenated alkanes) is 21. The van der Waals surface area contributed by atoms with Gasteiger partial charge in [-0.25, -0.2) is 0 Å². The van der Waals surface area contributed by atoms with Gasteiger partial charge in [0.15, 0.2) is 0 Å². The third-order valence-electron chi connectivity index (χ3n) is 8.65. The standard InChI is InChI=1S/C39H72O6/c1-2-3-4-5-6-7-8-9-13-16-19-22-25-28-31-36(39(43)44)32-29-26-23-20-17-14-11-10-12-15-18-21-24-27-30-33-38(42)45-35-37(41)34-40/h9-10,12-13,36-37,40-41H,2-8,11,14-35H2,1H3,(H,43,44). The van der Waals surface area contributed by atoms with E-state index in [1.807, 2.05) is 0 Å². The highest BCUT2D eigenvalue weighted by atomic mass is 16.5. The molecule has 0 saturated heterocycles. The van der Waals surface area contributed by atoms with Gasteiger partial charge < -0.3 is 20.1 Å². The number of carboxylic acid groups (broad SMARTS) is 1. The summed E-state index contributed by atoms with van der Waals surface area (Å²) in [7, 11) is 0. The van der Waals surface area contributed by atoms with E-state index in [0.717, 1.165) is 70.6 Å². The lowest BCUT2D eigenvalue weighted by molar-refractivity contribution is -0.147. The highest BCUT2D eigenvalue weighted by Crippen LogP contribution is 2.20. The first kappa shape index (κ1) is 43.3. The molecule has 0 heterocycles. The molecule has 0 fully saturated rings. The average molecular weight is 637 g/mol. The Kier molecular flexibility index (Phi) is 33.9. The minimum atomic E-state index is -0.982. The van der Waals surface area contributed by atoms with Crippen molar-refractivity contribution >= 4 is 11.9 Å². The molecular weight excluding hydrogens is 564 g/mol. The number of allylic oxidation sites excluding steroid dienone is 4. The molecular formula is C39H72O6. The maximum Gasteiger partial charge on any atom is 0.306 e. The van der Waals surface area contributed by atoms with Crippen LogP contribution in [0.5, 0.6) is 0 Å². The third kappa shape index (κ3) is 33.5. The molecule has 0 spiro atoms. The number of carbonyl (C=O) groups excluding carboxylic acids is 1. The molecule has 45 heavy (non-hydrogen) atoms. The number of aliphatic carboxylic acids is 1. The molecule has 0 saturated carbocycles. The van der Waals surface area contributed by atoms with Crippen molar-refractivity contribution < 1.29 is 29.6 Å². The number of hydrogen-bond acceptors (Lipinski definition) is 5. The van der Waals surface area contributed by atoms with E-state index in [-0.39, 0.29) is 18.5 Å². The second-order valence-electron chi connectivity index (χ2n) is 13.1. The van der Waals surface area contributed by atoms with Gasteiger partial charge in [0.1, 0.15) is 12.7 Å². The molecule has 6 nitrogen and oxygen atoms in total. The lowest BCUT2D eigenvalue weighted by Gasteiger charge is -2.12. The summed E-state index contributed by atoms with van der Waals surface area (Å²) in [6.45, 7) is 1.74. The molecule has 0 radical (unpaired) electrons. The fourth-order valence-electron chi connectivity index (χ4n) is 5.65. The molecule has 0 aromatic heterocycles. The van der Waals surface area contributed by atoms with Crippen LogP contribution >= 0.6 is 0 Å². The number of aliphatic hydroxyl groups excluding tert-OH is 2. The largest absolute Gasteiger partial charge is 0.481 e. The Balaban J connectivity index is 3.50. The highest BCUT2D eigenvalue weighted by Gasteiger charge is 2.16. The van der Waals surface area contributed by atoms with Crippen molar-refractivity contribution in [1.29, 1.82) is 0 Å². The Morgan fingerprint density at radius 1 is 0.578 bits per heavy atom. The molecule has 6 heteroatoms. The zero-order valence-electron chi connectivity index (χ0n) is 29.2. The van der Waals surface area contributed by atoms with E-state index < -0.39 is 18.7 Å². The number of esters is 1. The third-order valence-corrected chi connectivity index (χ3v) is 8.65. The fraction of sp³-hybridized carbons (Fsp3) is 0.846. The van der Waals surface area contributed by atoms with Gasteiger partial charge >= 0.3 is 11.9 Å². The summed E-state index contributed by atoms with van der Waals surface area (Å²) < 4.78 is 4.90. The van der Waals surface area contributed by atoms with Crippen molar-refractivity contribution in [2.45, 2.75) is 193 Å². The van der Waals surface area contributed by atoms with Crippen LogP contribution in [0.1, 0.15) is 187 Å². The van der Waals surface area contributed by atoms with E-state index in [2.05, 4.69) is 31.2 Å². The van der Waals surface area contributed by atoms with Gasteiger partial charge in [-0.3, -0.25) is 9.59 Å². The second-order valence-corrected chi connectivity index (χ2v) is 13.1. The van der Waals surface area contributed by atoms with Gasteiger partial charge in [0.2, 0.25) is 0 Å². The first-order valence-corrected chi connectivity index (χ1v) is 19.0. The molecule has 2 unspecified atom stereocenters. The maximum absolute atomic E-state index is 11.7. The minimum Gasteiger partial charge on any atom is -0.481 e. The normalized spacial score (nSPS) is 13.1. The monoisotopic (exact) mass is 637 g/mol. The van der Waals surface area contributed by atoms with Gasteiger partial charge in [0.05, 0.1) is 12.5 Å². The Morgan fingerprint density at radius 3 is 1.36 bits per heavy atom. The van der Waals surface area contributed by atoms with E-state index >= 15 is 0 Å². The van der Waals surface area contributed by atoms with Gasteiger partial charge in [-0.05, 0) is 70.6 Å². The van der Waals surface area contributed by atoms with Crippen LogP contribution in [0.25, 0.3) is 0 Å². The maximum atomic E-state index is 11.7. The quantitative estimate of drug-likeness (QED) is 0.0363. The molecule has 3 N–H and O–H groups in total. The zero-order valence-corrected chi connectivity index (χ0v) is 29.2. The summed E-state index contributed by atoms with van der Waals surface area (Å²) in [5.41, 5.74) is 0. The molecule has 0 bridgehead atoms. The summed E-state index contributed by atoms with van der Waals surface area (Å²) >= 11 is 0. The Bertz CT molecular complexity index is 704. The number of carbonyl (C=O) groups is 2. The summed E-state index contributed by atoms with van der Waals surface area (Å²) in [5, 5.41) is 27.5. The van der Waals surface area contributed by atoms with Gasteiger partial charge in [-0.2, -0.15) is 0 Å². The smallest absolute Gasteiger partial charge is 0.306 e. The molecule has 264 valence electrons. The van der Waals surface area contributed by atoms with Gasteiger partial charge in [-0.15, -0.1) is 0 Å². The molecule has 2 atom stereocenters. The van der Waals surface area contributed by atoms with Crippen molar-refractivity contribution in [3.05, 3.63) is 24.3 Å². The van der Waals surface area contributed by atoms with Crippen molar-refractivity contribution in [3.63, 3.8) is 0 Å². The lowest BCUT2D eigenvalue weighted by Crippen LogP contribution is -2.21. The predicted octanol–water partition coefficient (Wildman–Crippen LogP) is 10.6. The lowest BCUT2D eigenvalue weighted by atomic mass is 9.94. The van der Waals surface area contributed by atoms with Crippen LogP contribution in [-0.4, -0.2) is 46.6 Å². The summed E-state index contributed by atoms with van der Waals surface area (Å²) in [6, 6.07) is 0. The number of rotatable bonds is 35. The average Bonchev–Trinajstić information content (AvgIpc) is 3.03. The number of carboxylic acids is 1. The van der Waals surface area contributed by atoms with E-state index in [0.29, 0.717) is 6.42 Å². The SMILES string of the molecule is CCCCCCCCC=CCCCCCCC(CCCCCCCCC=CCCCCCCCC(=O)OCC(O)CO)C(=O)O.